The average molecular weight is 524 g/mol. The summed E-state index contributed by atoms with van der Waals surface area (Å²) in [5.74, 6) is -1.07. The van der Waals surface area contributed by atoms with Crippen LogP contribution in [0.25, 0.3) is 33.2 Å². The Kier molecular flexibility index (Phi) is 7.11. The number of aryl methyl sites for hydroxylation is 1. The number of anilines is 2. The van der Waals surface area contributed by atoms with E-state index in [4.69, 9.17) is 15.0 Å². The number of nitrogens with zero attached hydrogens (tertiary/aromatic N) is 1. The van der Waals surface area contributed by atoms with Gasteiger partial charge in [0.25, 0.3) is 5.91 Å². The number of hydrogen-bond acceptors (Lipinski definition) is 6. The van der Waals surface area contributed by atoms with Crippen LogP contribution in [0.15, 0.2) is 65.7 Å². The van der Waals surface area contributed by atoms with Crippen molar-refractivity contribution in [2.24, 2.45) is 0 Å². The number of nitrogens with one attached hydrogen (secondary N) is 2. The maximum atomic E-state index is 12.6. The summed E-state index contributed by atoms with van der Waals surface area (Å²) in [5.41, 5.74) is 10.7. The molecule has 2 amide bonds. The lowest BCUT2D eigenvalue weighted by molar-refractivity contribution is -0.123. The molecule has 0 bridgehead atoms. The molecule has 0 aliphatic rings. The van der Waals surface area contributed by atoms with Gasteiger partial charge in [0.1, 0.15) is 12.3 Å². The quantitative estimate of drug-likeness (QED) is 0.276. The van der Waals surface area contributed by atoms with E-state index in [0.717, 1.165) is 16.7 Å². The number of ether oxygens (including phenoxy) is 1. The third-order valence-electron chi connectivity index (χ3n) is 5.82. The Morgan fingerprint density at radius 2 is 1.87 bits per heavy atom. The number of amides is 2. The largest absolute Gasteiger partial charge is 0.496 e. The number of alkyl halides is 3. The first-order valence-electron chi connectivity index (χ1n) is 11.3. The molecule has 4 aromatic rings. The van der Waals surface area contributed by atoms with Gasteiger partial charge in [-0.05, 0) is 71.7 Å². The number of nitrogen functional groups attached to an aromatic ring is 1. The number of carbonyl (C=O) groups is 2. The minimum Gasteiger partial charge on any atom is -0.496 e. The highest BCUT2D eigenvalue weighted by Gasteiger charge is 2.29. The van der Waals surface area contributed by atoms with Crippen LogP contribution in [-0.2, 0) is 4.79 Å². The average Bonchev–Trinajstić information content (AvgIpc) is 3.26. The Morgan fingerprint density at radius 3 is 2.53 bits per heavy atom. The molecule has 0 aliphatic heterocycles. The first-order valence-corrected chi connectivity index (χ1v) is 11.3. The molecule has 11 heteroatoms. The van der Waals surface area contributed by atoms with Crippen LogP contribution in [-0.4, -0.2) is 36.8 Å². The molecular weight excluding hydrogens is 501 g/mol. The number of halogens is 3. The monoisotopic (exact) mass is 524 g/mol. The molecule has 38 heavy (non-hydrogen) atoms. The highest BCUT2D eigenvalue weighted by Crippen LogP contribution is 2.43. The van der Waals surface area contributed by atoms with E-state index in [9.17, 15) is 22.8 Å². The van der Waals surface area contributed by atoms with Crippen molar-refractivity contribution in [3.63, 3.8) is 0 Å². The van der Waals surface area contributed by atoms with Crippen LogP contribution in [0.2, 0.25) is 0 Å². The van der Waals surface area contributed by atoms with Gasteiger partial charge in [0.05, 0.1) is 18.1 Å². The van der Waals surface area contributed by atoms with E-state index in [2.05, 4.69) is 17.1 Å². The van der Waals surface area contributed by atoms with Gasteiger partial charge in [-0.3, -0.25) is 9.59 Å². The lowest BCUT2D eigenvalue weighted by Crippen LogP contribution is -2.33. The Labute approximate surface area is 215 Å². The minimum atomic E-state index is -4.55. The molecule has 0 radical (unpaired) electrons. The Morgan fingerprint density at radius 1 is 1.13 bits per heavy atom. The molecule has 4 rings (SSSR count). The molecule has 0 unspecified atom stereocenters. The first-order chi connectivity index (χ1) is 18.0. The van der Waals surface area contributed by atoms with Crippen LogP contribution in [0.1, 0.15) is 15.9 Å². The summed E-state index contributed by atoms with van der Waals surface area (Å²) >= 11 is 0. The van der Waals surface area contributed by atoms with Crippen molar-refractivity contribution >= 4 is 34.3 Å². The SMILES string of the molecule is C=CC(=O)Nc1ccc(-c2ccc3onc(N)c3c2-c2ccc(C(=O)NCC(F)(F)F)c(OC)c2)c(C)c1. The lowest BCUT2D eigenvalue weighted by atomic mass is 9.89. The van der Waals surface area contributed by atoms with Crippen molar-refractivity contribution in [2.45, 2.75) is 13.1 Å². The predicted molar refractivity (Wildman–Crippen MR) is 138 cm³/mol. The summed E-state index contributed by atoms with van der Waals surface area (Å²) < 4.78 is 48.5. The van der Waals surface area contributed by atoms with Crippen molar-refractivity contribution in [3.05, 3.63) is 72.3 Å². The maximum absolute atomic E-state index is 12.6. The van der Waals surface area contributed by atoms with E-state index >= 15 is 0 Å². The van der Waals surface area contributed by atoms with Crippen molar-refractivity contribution in [1.29, 1.82) is 0 Å². The number of aromatic nitrogens is 1. The summed E-state index contributed by atoms with van der Waals surface area (Å²) in [6.45, 7) is 3.85. The predicted octanol–water partition coefficient (Wildman–Crippen LogP) is 5.48. The van der Waals surface area contributed by atoms with Crippen molar-refractivity contribution in [3.8, 4) is 28.0 Å². The van der Waals surface area contributed by atoms with Crippen LogP contribution in [0, 0.1) is 6.92 Å². The van der Waals surface area contributed by atoms with Crippen molar-refractivity contribution in [1.82, 2.24) is 10.5 Å². The number of nitrogens with two attached hydrogens (primary N) is 1. The van der Waals surface area contributed by atoms with E-state index in [-0.39, 0.29) is 23.0 Å². The molecule has 0 spiro atoms. The van der Waals surface area contributed by atoms with Gasteiger partial charge in [0, 0.05) is 11.3 Å². The zero-order chi connectivity index (χ0) is 27.6. The van der Waals surface area contributed by atoms with Gasteiger partial charge in [-0.25, -0.2) is 0 Å². The van der Waals surface area contributed by atoms with E-state index in [1.807, 2.05) is 24.4 Å². The second-order valence-electron chi connectivity index (χ2n) is 8.37. The zero-order valence-electron chi connectivity index (χ0n) is 20.4. The van der Waals surface area contributed by atoms with Crippen molar-refractivity contribution < 1.29 is 32.0 Å². The topological polar surface area (TPSA) is 119 Å². The first kappa shape index (κ1) is 26.3. The second-order valence-corrected chi connectivity index (χ2v) is 8.37. The normalized spacial score (nSPS) is 11.3. The third-order valence-corrected chi connectivity index (χ3v) is 5.82. The molecule has 1 aromatic heterocycles. The number of methoxy groups -OCH3 is 1. The third kappa shape index (κ3) is 5.31. The summed E-state index contributed by atoms with van der Waals surface area (Å²) in [4.78, 5) is 24.1. The van der Waals surface area contributed by atoms with Gasteiger partial charge in [0.2, 0.25) is 5.91 Å². The molecule has 0 saturated heterocycles. The highest BCUT2D eigenvalue weighted by atomic mass is 19.4. The zero-order valence-corrected chi connectivity index (χ0v) is 20.4. The molecule has 3 aromatic carbocycles. The standard InChI is InChI=1S/C27H23F3N4O4/c1-4-22(35)33-16-6-8-17(14(2)11-16)18-9-10-20-24(25(31)34-38-20)23(18)15-5-7-19(21(12-15)37-3)26(36)32-13-27(28,29)30/h4-12H,1,13H2,2-3H3,(H2,31,34)(H,32,36)(H,33,35). The summed E-state index contributed by atoms with van der Waals surface area (Å²) in [6, 6.07) is 13.4. The van der Waals surface area contributed by atoms with E-state index in [0.29, 0.717) is 27.8 Å². The highest BCUT2D eigenvalue weighted by molar-refractivity contribution is 6.08. The fourth-order valence-electron chi connectivity index (χ4n) is 4.13. The van der Waals surface area contributed by atoms with Crippen LogP contribution in [0.4, 0.5) is 24.7 Å². The molecule has 1 heterocycles. The molecule has 0 saturated carbocycles. The number of benzene rings is 3. The fraction of sp³-hybridized carbons (Fsp3) is 0.148. The maximum Gasteiger partial charge on any atom is 0.405 e. The van der Waals surface area contributed by atoms with E-state index in [1.54, 1.807) is 30.3 Å². The molecule has 196 valence electrons. The van der Waals surface area contributed by atoms with Gasteiger partial charge < -0.3 is 25.6 Å². The number of fused-ring (bicyclic) bond motifs is 1. The Balaban J connectivity index is 1.85. The second kappa shape index (κ2) is 10.3. The van der Waals surface area contributed by atoms with Crippen molar-refractivity contribution in [2.75, 3.05) is 24.7 Å². The summed E-state index contributed by atoms with van der Waals surface area (Å²) in [6.07, 6.45) is -3.38. The fourth-order valence-corrected chi connectivity index (χ4v) is 4.13. The van der Waals surface area contributed by atoms with E-state index < -0.39 is 18.6 Å². The minimum absolute atomic E-state index is 0.0639. The molecule has 0 atom stereocenters. The van der Waals surface area contributed by atoms with Crippen LogP contribution >= 0.6 is 0 Å². The Hall–Kier alpha value is -4.80. The molecule has 0 aliphatic carbocycles. The molecule has 0 fully saturated rings. The van der Waals surface area contributed by atoms with Gasteiger partial charge in [-0.1, -0.05) is 23.9 Å². The van der Waals surface area contributed by atoms with Gasteiger partial charge in [0.15, 0.2) is 11.4 Å². The molecule has 4 N–H and O–H groups in total. The van der Waals surface area contributed by atoms with Crippen LogP contribution < -0.4 is 21.1 Å². The van der Waals surface area contributed by atoms with Gasteiger partial charge in [-0.2, -0.15) is 13.2 Å². The smallest absolute Gasteiger partial charge is 0.405 e. The van der Waals surface area contributed by atoms with Crippen LogP contribution in [0.5, 0.6) is 5.75 Å². The number of hydrogen-bond donors (Lipinski definition) is 3. The van der Waals surface area contributed by atoms with E-state index in [1.165, 1.54) is 19.3 Å². The lowest BCUT2D eigenvalue weighted by Gasteiger charge is -2.17. The Bertz CT molecular complexity index is 1560. The molecule has 8 nitrogen and oxygen atoms in total. The number of rotatable bonds is 7. The number of carbonyl (C=O) groups excluding carboxylic acids is 2. The van der Waals surface area contributed by atoms with Gasteiger partial charge in [-0.15, -0.1) is 0 Å². The summed E-state index contributed by atoms with van der Waals surface area (Å²) in [7, 11) is 1.31. The summed E-state index contributed by atoms with van der Waals surface area (Å²) in [5, 5.41) is 8.96. The van der Waals surface area contributed by atoms with Gasteiger partial charge >= 0.3 is 6.18 Å². The van der Waals surface area contributed by atoms with Crippen LogP contribution in [0.3, 0.4) is 0 Å². The molecular formula is C27H23F3N4O4.